The first kappa shape index (κ1) is 32.5. The second-order valence-electron chi connectivity index (χ2n) is 14.5. The molecule has 54 heavy (non-hydrogen) atoms. The van der Waals surface area contributed by atoms with Crippen LogP contribution in [0.3, 0.4) is 0 Å². The van der Waals surface area contributed by atoms with Crippen LogP contribution in [0.25, 0.3) is 44.9 Å². The average molecular weight is 738 g/mol. The molecule has 4 N–H and O–H groups in total. The summed E-state index contributed by atoms with van der Waals surface area (Å²) in [6, 6.07) is 12.1. The van der Waals surface area contributed by atoms with E-state index in [1.165, 1.54) is 0 Å². The van der Waals surface area contributed by atoms with Crippen molar-refractivity contribution in [2.24, 2.45) is 5.92 Å². The zero-order valence-electron chi connectivity index (χ0n) is 28.6. The summed E-state index contributed by atoms with van der Waals surface area (Å²) in [5.74, 6) is 0.357. The van der Waals surface area contributed by atoms with E-state index >= 15 is 0 Å². The minimum absolute atomic E-state index is 0.0737. The third-order valence-electron chi connectivity index (χ3n) is 11.0. The molecule has 10 bridgehead atoms. The molecule has 4 aliphatic heterocycles. The Morgan fingerprint density at radius 3 is 2.67 bits per heavy atom. The van der Waals surface area contributed by atoms with Gasteiger partial charge in [0.05, 0.1) is 12.2 Å². The van der Waals surface area contributed by atoms with Crippen molar-refractivity contribution in [2.45, 2.75) is 56.2 Å². The van der Waals surface area contributed by atoms with Gasteiger partial charge in [0.15, 0.2) is 29.5 Å². The predicted molar refractivity (Wildman–Crippen MR) is 187 cm³/mol. The van der Waals surface area contributed by atoms with E-state index in [2.05, 4.69) is 20.9 Å². The summed E-state index contributed by atoms with van der Waals surface area (Å²) in [5.41, 5.74) is 5.22. The summed E-state index contributed by atoms with van der Waals surface area (Å²) in [6.07, 6.45) is -2.52. The number of benzene rings is 3. The minimum atomic E-state index is -5.01. The van der Waals surface area contributed by atoms with Crippen LogP contribution in [0.4, 0.5) is 18.9 Å². The fourth-order valence-corrected chi connectivity index (χ4v) is 8.52. The summed E-state index contributed by atoms with van der Waals surface area (Å²) in [6.45, 7) is 2.16. The standard InChI is InChI=1S/C38H30F3N7O6/c1-16(2)29-35-46-31-32(54-35)37-21-7-3-6-19(18-5-4-8-23-28(18)20(13-42-23)26-14-43-34(31)52-26)30(21)47-36(37)53-25-10-9-17(11-22(25)37)12-24(33(49)45-29)44-27(15-48(50)51)38(39,40)41/h3-11,13-14,16,24,27,29,36,42,44,47H,12,15H2,1-2H3,(H,45,49)/t24-,27?,29-,36?,37?/m0/s1. The molecule has 4 aliphatic rings. The highest BCUT2D eigenvalue weighted by Gasteiger charge is 2.62. The zero-order chi connectivity index (χ0) is 37.3. The quantitative estimate of drug-likeness (QED) is 0.113. The number of hydrogen-bond donors (Lipinski definition) is 4. The first-order valence-electron chi connectivity index (χ1n) is 17.4. The maximum absolute atomic E-state index is 14.2. The number of H-pyrrole nitrogens is 1. The lowest BCUT2D eigenvalue weighted by Crippen LogP contribution is -2.57. The maximum Gasteiger partial charge on any atom is 0.410 e. The topological polar surface area (TPSA) is 173 Å². The number of para-hydroxylation sites is 1. The second-order valence-corrected chi connectivity index (χ2v) is 14.5. The number of fused-ring (bicyclic) bond motifs is 7. The first-order valence-corrected chi connectivity index (χ1v) is 17.4. The van der Waals surface area contributed by atoms with Crippen LogP contribution < -0.4 is 20.7 Å². The van der Waals surface area contributed by atoms with Crippen LogP contribution in [0.1, 0.15) is 48.2 Å². The van der Waals surface area contributed by atoms with Gasteiger partial charge in [0, 0.05) is 50.0 Å². The highest BCUT2D eigenvalue weighted by atomic mass is 19.4. The van der Waals surface area contributed by atoms with E-state index < -0.39 is 53.3 Å². The molecule has 0 aliphatic carbocycles. The van der Waals surface area contributed by atoms with Gasteiger partial charge in [-0.05, 0) is 35.6 Å². The van der Waals surface area contributed by atoms with Crippen LogP contribution >= 0.6 is 0 Å². The van der Waals surface area contributed by atoms with Gasteiger partial charge >= 0.3 is 6.18 Å². The minimum Gasteiger partial charge on any atom is -0.469 e. The van der Waals surface area contributed by atoms with Gasteiger partial charge in [0.1, 0.15) is 17.2 Å². The highest BCUT2D eigenvalue weighted by Crippen LogP contribution is 2.61. The number of carbonyl (C=O) groups is 1. The molecular weight excluding hydrogens is 707 g/mol. The van der Waals surface area contributed by atoms with Crippen molar-refractivity contribution in [3.05, 3.63) is 105 Å². The molecule has 16 heteroatoms. The number of nitro groups is 1. The number of ether oxygens (including phenoxy) is 1. The van der Waals surface area contributed by atoms with E-state index in [0.29, 0.717) is 28.4 Å². The summed E-state index contributed by atoms with van der Waals surface area (Å²) in [4.78, 5) is 37.4. The third kappa shape index (κ3) is 4.52. The summed E-state index contributed by atoms with van der Waals surface area (Å²) in [5, 5.41) is 21.1. The molecule has 10 rings (SSSR count). The summed E-state index contributed by atoms with van der Waals surface area (Å²) >= 11 is 0. The van der Waals surface area contributed by atoms with E-state index in [-0.39, 0.29) is 29.8 Å². The number of halogens is 3. The molecule has 0 radical (unpaired) electrons. The van der Waals surface area contributed by atoms with Gasteiger partial charge in [0.25, 0.3) is 0 Å². The van der Waals surface area contributed by atoms with E-state index in [0.717, 1.165) is 38.8 Å². The number of hydrogen-bond acceptors (Lipinski definition) is 10. The Labute approximate surface area is 303 Å². The molecule has 7 heterocycles. The van der Waals surface area contributed by atoms with Crippen LogP contribution in [0.5, 0.6) is 5.75 Å². The molecule has 274 valence electrons. The number of anilines is 1. The molecule has 6 aromatic rings. The van der Waals surface area contributed by atoms with Crippen molar-refractivity contribution in [3.63, 3.8) is 0 Å². The van der Waals surface area contributed by atoms with Crippen LogP contribution in [-0.2, 0) is 16.6 Å². The predicted octanol–water partition coefficient (Wildman–Crippen LogP) is 6.47. The normalized spacial score (nSPS) is 22.5. The lowest BCUT2D eigenvalue weighted by molar-refractivity contribution is -0.491. The SMILES string of the molecule is CC(C)[C@@H]1NC(=O)[C@@H](NC(C[N+](=O)[O-])C(F)(F)F)Cc2ccc3c(c2)C24c5cccc(c5NC2O3)-c2cccc3[nH]cc(c23)-c2cnc(o2)-c2nc1oc24. The molecule has 3 aromatic carbocycles. The van der Waals surface area contributed by atoms with E-state index in [4.69, 9.17) is 23.5 Å². The van der Waals surface area contributed by atoms with Crippen molar-refractivity contribution in [1.82, 2.24) is 25.6 Å². The molecular formula is C38H30F3N7O6. The maximum atomic E-state index is 14.2. The van der Waals surface area contributed by atoms with E-state index in [1.807, 2.05) is 56.4 Å². The molecule has 1 amide bonds. The van der Waals surface area contributed by atoms with Crippen molar-refractivity contribution in [3.8, 4) is 39.8 Å². The molecule has 3 unspecified atom stereocenters. The monoisotopic (exact) mass is 737 g/mol. The Hall–Kier alpha value is -6.16. The molecule has 3 aromatic heterocycles. The molecule has 0 fully saturated rings. The number of rotatable bonds is 5. The van der Waals surface area contributed by atoms with Gasteiger partial charge in [-0.15, -0.1) is 0 Å². The smallest absolute Gasteiger partial charge is 0.410 e. The largest absolute Gasteiger partial charge is 0.469 e. The highest BCUT2D eigenvalue weighted by molar-refractivity contribution is 6.07. The molecule has 13 nitrogen and oxygen atoms in total. The average Bonchev–Trinajstić information content (AvgIpc) is 3.95. The fraction of sp³-hybridized carbons (Fsp3) is 0.289. The first-order chi connectivity index (χ1) is 25.9. The lowest BCUT2D eigenvalue weighted by atomic mass is 9.72. The van der Waals surface area contributed by atoms with Gasteiger partial charge in [-0.25, -0.2) is 9.97 Å². The van der Waals surface area contributed by atoms with E-state index in [1.54, 1.807) is 24.4 Å². The van der Waals surface area contributed by atoms with Gasteiger partial charge in [-0.2, -0.15) is 13.2 Å². The summed E-state index contributed by atoms with van der Waals surface area (Å²) < 4.78 is 62.6. The van der Waals surface area contributed by atoms with Crippen LogP contribution in [0.2, 0.25) is 0 Å². The van der Waals surface area contributed by atoms with Crippen molar-refractivity contribution in [2.75, 3.05) is 11.9 Å². The van der Waals surface area contributed by atoms with Crippen LogP contribution in [0, 0.1) is 16.0 Å². The van der Waals surface area contributed by atoms with Crippen LogP contribution in [0.15, 0.2) is 75.8 Å². The number of amides is 1. The third-order valence-corrected chi connectivity index (χ3v) is 11.0. The van der Waals surface area contributed by atoms with Crippen molar-refractivity contribution < 1.29 is 36.5 Å². The number of aromatic nitrogens is 3. The Morgan fingerprint density at radius 1 is 1.06 bits per heavy atom. The Morgan fingerprint density at radius 2 is 1.87 bits per heavy atom. The van der Waals surface area contributed by atoms with Gasteiger partial charge in [0.2, 0.25) is 24.2 Å². The van der Waals surface area contributed by atoms with Crippen molar-refractivity contribution in [1.29, 1.82) is 0 Å². The number of alkyl halides is 3. The Bertz CT molecular complexity index is 2560. The van der Waals surface area contributed by atoms with Gasteiger partial charge in [-0.3, -0.25) is 20.2 Å². The summed E-state index contributed by atoms with van der Waals surface area (Å²) in [7, 11) is 0. The number of nitrogens with zero attached hydrogens (tertiary/aromatic N) is 3. The zero-order valence-corrected chi connectivity index (χ0v) is 28.6. The number of aromatic amines is 1. The molecule has 5 atom stereocenters. The number of oxazole rings is 2. The Kier molecular flexibility index (Phi) is 6.72. The van der Waals surface area contributed by atoms with Crippen LogP contribution in [-0.4, -0.2) is 56.8 Å². The second kappa shape index (κ2) is 11.2. The molecule has 1 spiro atoms. The number of carbonyl (C=O) groups excluding carboxylic acids is 1. The van der Waals surface area contributed by atoms with E-state index in [9.17, 15) is 28.1 Å². The Balaban J connectivity index is 1.26. The fourth-order valence-electron chi connectivity index (χ4n) is 8.52. The van der Waals surface area contributed by atoms with Crippen molar-refractivity contribution >= 4 is 22.5 Å². The molecule has 0 saturated heterocycles. The molecule has 0 saturated carbocycles. The number of nitrogens with one attached hydrogen (secondary N) is 4. The van der Waals surface area contributed by atoms with Gasteiger partial charge in [-0.1, -0.05) is 56.3 Å². The lowest BCUT2D eigenvalue weighted by Gasteiger charge is -2.29. The van der Waals surface area contributed by atoms with Gasteiger partial charge < -0.3 is 29.2 Å².